The Kier molecular flexibility index (Phi) is 10.2. The molecule has 2 N–H and O–H groups in total. The number of carbonyl (C=O) groups excluding carboxylic acids is 2. The molecule has 0 bridgehead atoms. The van der Waals surface area contributed by atoms with Gasteiger partial charge in [0.1, 0.15) is 21.5 Å². The zero-order chi connectivity index (χ0) is 29.4. The minimum Gasteiger partial charge on any atom is -0.343 e. The number of carbonyl (C=O) groups is 2. The number of hydrogen-bond donors (Lipinski definition) is 2. The summed E-state index contributed by atoms with van der Waals surface area (Å²) in [5.74, 6) is -2.08. The van der Waals surface area contributed by atoms with Crippen LogP contribution in [0.3, 0.4) is 0 Å². The molecule has 0 radical (unpaired) electrons. The Bertz CT molecular complexity index is 1490. The average Bonchev–Trinajstić information content (AvgIpc) is 3.39. The molecule has 0 saturated heterocycles. The third kappa shape index (κ3) is 8.26. The van der Waals surface area contributed by atoms with E-state index < -0.39 is 40.4 Å². The highest BCUT2D eigenvalue weighted by Crippen LogP contribution is 2.35. The van der Waals surface area contributed by atoms with Crippen molar-refractivity contribution in [2.75, 3.05) is 5.32 Å². The van der Waals surface area contributed by atoms with E-state index in [0.29, 0.717) is 22.3 Å². The largest absolute Gasteiger partial charge is 0.418 e. The Morgan fingerprint density at radius 1 is 1.18 bits per heavy atom. The van der Waals surface area contributed by atoms with Gasteiger partial charge in [0.25, 0.3) is 5.91 Å². The number of alkyl halides is 3. The minimum absolute atomic E-state index is 0.0874. The molecule has 1 atom stereocenters. The topological polar surface area (TPSA) is 109 Å². The van der Waals surface area contributed by atoms with E-state index in [1.54, 1.807) is 26.1 Å². The van der Waals surface area contributed by atoms with Crippen molar-refractivity contribution < 1.29 is 27.2 Å². The smallest absolute Gasteiger partial charge is 0.343 e. The number of nitrogens with one attached hydrogen (secondary N) is 2. The van der Waals surface area contributed by atoms with Gasteiger partial charge in [-0.3, -0.25) is 19.6 Å². The SMILES string of the molecule is CC/C=C/N=C(\C=C(/C)C(=O)NC(C)c1ncc(C(=O)Nc2cc(C(F)(F)F)c(Cl)cn2)s1)c1cncc(F)c1. The molecule has 14 heteroatoms. The number of allylic oxidation sites excluding steroid dienone is 2. The van der Waals surface area contributed by atoms with Crippen LogP contribution in [0.25, 0.3) is 0 Å². The van der Waals surface area contributed by atoms with Crippen LogP contribution >= 0.6 is 22.9 Å². The number of thiazole rings is 1. The van der Waals surface area contributed by atoms with Crippen LogP contribution < -0.4 is 10.6 Å². The summed E-state index contributed by atoms with van der Waals surface area (Å²) in [6.45, 7) is 5.14. The van der Waals surface area contributed by atoms with E-state index in [0.717, 1.165) is 30.2 Å². The second-order valence-corrected chi connectivity index (χ2v) is 9.76. The van der Waals surface area contributed by atoms with Crippen molar-refractivity contribution in [2.24, 2.45) is 4.99 Å². The van der Waals surface area contributed by atoms with Gasteiger partial charge < -0.3 is 10.6 Å². The molecule has 8 nitrogen and oxygen atoms in total. The molecule has 3 heterocycles. The maximum Gasteiger partial charge on any atom is 0.418 e. The number of amides is 2. The molecular weight excluding hydrogens is 572 g/mol. The first-order valence-electron chi connectivity index (χ1n) is 11.7. The second-order valence-electron chi connectivity index (χ2n) is 8.29. The number of hydrogen-bond acceptors (Lipinski definition) is 7. The normalized spacial score (nSPS) is 13.4. The van der Waals surface area contributed by atoms with Crippen molar-refractivity contribution in [1.29, 1.82) is 0 Å². The van der Waals surface area contributed by atoms with Gasteiger partial charge in [-0.2, -0.15) is 13.2 Å². The van der Waals surface area contributed by atoms with Gasteiger partial charge in [0.05, 0.1) is 34.7 Å². The number of anilines is 1. The first-order valence-corrected chi connectivity index (χ1v) is 12.9. The van der Waals surface area contributed by atoms with Crippen LogP contribution in [0.15, 0.2) is 65.8 Å². The van der Waals surface area contributed by atoms with Crippen molar-refractivity contribution >= 4 is 46.3 Å². The molecule has 0 fully saturated rings. The van der Waals surface area contributed by atoms with Crippen LogP contribution in [0.5, 0.6) is 0 Å². The number of aromatic nitrogens is 3. The van der Waals surface area contributed by atoms with Gasteiger partial charge in [-0.25, -0.2) is 14.4 Å². The quantitative estimate of drug-likeness (QED) is 0.166. The molecule has 0 spiro atoms. The third-order valence-corrected chi connectivity index (χ3v) is 6.61. The van der Waals surface area contributed by atoms with E-state index >= 15 is 0 Å². The van der Waals surface area contributed by atoms with Crippen LogP contribution in [-0.2, 0) is 11.0 Å². The third-order valence-electron chi connectivity index (χ3n) is 5.13. The van der Waals surface area contributed by atoms with Crippen molar-refractivity contribution in [1.82, 2.24) is 20.3 Å². The van der Waals surface area contributed by atoms with E-state index in [1.807, 2.05) is 6.92 Å². The fraction of sp³-hybridized carbons (Fsp3) is 0.231. The fourth-order valence-corrected chi connectivity index (χ4v) is 4.15. The summed E-state index contributed by atoms with van der Waals surface area (Å²) in [5.41, 5.74) is -0.153. The molecule has 0 aliphatic carbocycles. The van der Waals surface area contributed by atoms with Crippen LogP contribution in [0.1, 0.15) is 59.0 Å². The molecule has 3 rings (SSSR count). The summed E-state index contributed by atoms with van der Waals surface area (Å²) in [5, 5.41) is 4.82. The highest BCUT2D eigenvalue weighted by Gasteiger charge is 2.34. The number of nitrogens with zero attached hydrogens (tertiary/aromatic N) is 4. The first kappa shape index (κ1) is 30.6. The number of pyridine rings is 2. The molecule has 210 valence electrons. The Morgan fingerprint density at radius 3 is 2.60 bits per heavy atom. The molecule has 0 saturated carbocycles. The zero-order valence-corrected chi connectivity index (χ0v) is 23.0. The molecule has 2 amide bonds. The summed E-state index contributed by atoms with van der Waals surface area (Å²) >= 11 is 6.51. The lowest BCUT2D eigenvalue weighted by Crippen LogP contribution is -2.27. The molecule has 0 aliphatic rings. The van der Waals surface area contributed by atoms with Crippen LogP contribution in [0.4, 0.5) is 23.4 Å². The lowest BCUT2D eigenvalue weighted by Gasteiger charge is -2.12. The predicted molar refractivity (Wildman–Crippen MR) is 145 cm³/mol. The number of rotatable bonds is 9. The first-order chi connectivity index (χ1) is 18.9. The van der Waals surface area contributed by atoms with E-state index in [9.17, 15) is 27.2 Å². The van der Waals surface area contributed by atoms with Gasteiger partial charge in [0.15, 0.2) is 0 Å². The summed E-state index contributed by atoms with van der Waals surface area (Å²) in [6, 6.07) is 1.26. The molecule has 0 aliphatic heterocycles. The van der Waals surface area contributed by atoms with Crippen molar-refractivity contribution in [3.05, 3.63) is 92.7 Å². The molecular formula is C26H23ClF4N6O2S. The van der Waals surface area contributed by atoms with Gasteiger partial charge >= 0.3 is 6.18 Å². The van der Waals surface area contributed by atoms with E-state index in [1.165, 1.54) is 24.5 Å². The minimum atomic E-state index is -4.72. The summed E-state index contributed by atoms with van der Waals surface area (Å²) in [4.78, 5) is 41.5. The van der Waals surface area contributed by atoms with Crippen molar-refractivity contribution in [3.8, 4) is 0 Å². The standard InChI is InChI=1S/C26H23ClF4N6O2S/c1-4-5-6-33-20(16-8-17(28)11-32-10-16)7-14(2)23(38)36-15(3)25-35-13-21(40-25)24(39)37-22-9-18(26(29,30)31)19(27)12-34-22/h5-13,15H,4H2,1-3H3,(H,36,38)(H,34,37,39)/b6-5+,14-7+,33-20+. The van der Waals surface area contributed by atoms with E-state index in [2.05, 4.69) is 30.6 Å². The molecule has 3 aromatic heterocycles. The van der Waals surface area contributed by atoms with Gasteiger partial charge in [-0.15, -0.1) is 11.3 Å². The lowest BCUT2D eigenvalue weighted by atomic mass is 10.1. The lowest BCUT2D eigenvalue weighted by molar-refractivity contribution is -0.137. The summed E-state index contributed by atoms with van der Waals surface area (Å²) < 4.78 is 53.0. The van der Waals surface area contributed by atoms with Gasteiger partial charge in [-0.05, 0) is 38.5 Å². The van der Waals surface area contributed by atoms with E-state index in [4.69, 9.17) is 11.6 Å². The summed E-state index contributed by atoms with van der Waals surface area (Å²) in [6.07, 6.45) is 5.38. The Labute approximate surface area is 235 Å². The highest BCUT2D eigenvalue weighted by atomic mass is 35.5. The monoisotopic (exact) mass is 594 g/mol. The van der Waals surface area contributed by atoms with Gasteiger partial charge in [0.2, 0.25) is 5.91 Å². The molecule has 0 aromatic carbocycles. The van der Waals surface area contributed by atoms with Gasteiger partial charge in [0, 0.05) is 29.7 Å². The van der Waals surface area contributed by atoms with Crippen molar-refractivity contribution in [3.63, 3.8) is 0 Å². The molecule has 40 heavy (non-hydrogen) atoms. The van der Waals surface area contributed by atoms with Crippen LogP contribution in [-0.4, -0.2) is 32.5 Å². The Morgan fingerprint density at radius 2 is 1.93 bits per heavy atom. The fourth-order valence-electron chi connectivity index (χ4n) is 3.12. The molecule has 3 aromatic rings. The number of aliphatic imine (C=N–C) groups is 1. The Hall–Kier alpha value is -3.97. The maximum atomic E-state index is 13.7. The number of halogens is 5. The van der Waals surface area contributed by atoms with Crippen LogP contribution in [0, 0.1) is 5.82 Å². The highest BCUT2D eigenvalue weighted by molar-refractivity contribution is 7.13. The van der Waals surface area contributed by atoms with E-state index in [-0.39, 0.29) is 16.3 Å². The second kappa shape index (κ2) is 13.4. The average molecular weight is 595 g/mol. The zero-order valence-electron chi connectivity index (χ0n) is 21.4. The Balaban J connectivity index is 1.71. The summed E-state index contributed by atoms with van der Waals surface area (Å²) in [7, 11) is 0. The van der Waals surface area contributed by atoms with Crippen LogP contribution in [0.2, 0.25) is 5.02 Å². The van der Waals surface area contributed by atoms with Gasteiger partial charge in [-0.1, -0.05) is 24.6 Å². The van der Waals surface area contributed by atoms with Crippen molar-refractivity contribution in [2.45, 2.75) is 39.4 Å². The maximum absolute atomic E-state index is 13.7. The predicted octanol–water partition coefficient (Wildman–Crippen LogP) is 6.53. The molecule has 1 unspecified atom stereocenters.